The number of benzene rings is 2. The fourth-order valence-electron chi connectivity index (χ4n) is 3.07. The second kappa shape index (κ2) is 9.15. The number of nitrogens with one attached hydrogen (secondary N) is 2. The zero-order valence-electron chi connectivity index (χ0n) is 15.7. The molecule has 0 radical (unpaired) electrons. The molecule has 3 aromatic rings. The van der Waals surface area contributed by atoms with Gasteiger partial charge in [0.15, 0.2) is 0 Å². The van der Waals surface area contributed by atoms with Crippen molar-refractivity contribution in [1.82, 2.24) is 20.0 Å². The fourth-order valence-corrected chi connectivity index (χ4v) is 3.44. The lowest BCUT2D eigenvalue weighted by molar-refractivity contribution is -0.122. The smallest absolute Gasteiger partial charge is 0.292 e. The number of fused-ring (bicyclic) bond motifs is 1. The number of aromatic nitrogens is 2. The topological polar surface area (TPSA) is 85.1 Å². The Balaban J connectivity index is 1.66. The summed E-state index contributed by atoms with van der Waals surface area (Å²) in [4.78, 5) is 37.1. The molecule has 29 heavy (non-hydrogen) atoms. The Hall–Kier alpha value is -2.77. The molecule has 2 N–H and O–H groups in total. The molecule has 0 spiro atoms. The van der Waals surface area contributed by atoms with Gasteiger partial charge >= 0.3 is 5.69 Å². The second-order valence-electron chi connectivity index (χ2n) is 6.45. The van der Waals surface area contributed by atoms with Gasteiger partial charge in [-0.3, -0.25) is 29.6 Å². The first-order chi connectivity index (χ1) is 13.9. The van der Waals surface area contributed by atoms with Crippen LogP contribution in [0, 0.1) is 0 Å². The van der Waals surface area contributed by atoms with E-state index in [4.69, 9.17) is 23.2 Å². The predicted octanol–water partition coefficient (Wildman–Crippen LogP) is 3.37. The Labute approximate surface area is 177 Å². The molecule has 0 bridgehead atoms. The van der Waals surface area contributed by atoms with Crippen LogP contribution in [0.2, 0.25) is 10.0 Å². The lowest BCUT2D eigenvalue weighted by Crippen LogP contribution is -2.42. The van der Waals surface area contributed by atoms with Crippen molar-refractivity contribution in [3.05, 3.63) is 68.6 Å². The van der Waals surface area contributed by atoms with Crippen LogP contribution in [0.5, 0.6) is 0 Å². The van der Waals surface area contributed by atoms with Crippen LogP contribution in [-0.4, -0.2) is 20.9 Å². The van der Waals surface area contributed by atoms with Crippen molar-refractivity contribution in [3.63, 3.8) is 0 Å². The number of halogens is 2. The Morgan fingerprint density at radius 1 is 0.966 bits per heavy atom. The molecule has 9 heteroatoms. The maximum Gasteiger partial charge on any atom is 0.329 e. The van der Waals surface area contributed by atoms with E-state index in [1.54, 1.807) is 15.2 Å². The van der Waals surface area contributed by atoms with E-state index in [9.17, 15) is 14.4 Å². The van der Waals surface area contributed by atoms with Gasteiger partial charge in [0.25, 0.3) is 5.91 Å². The van der Waals surface area contributed by atoms with Gasteiger partial charge < -0.3 is 0 Å². The first-order valence-electron chi connectivity index (χ1n) is 9.14. The van der Waals surface area contributed by atoms with Crippen molar-refractivity contribution in [2.24, 2.45) is 0 Å². The Kier molecular flexibility index (Phi) is 6.61. The summed E-state index contributed by atoms with van der Waals surface area (Å²) in [6.07, 6.45) is 0.843. The molecule has 1 aromatic heterocycles. The normalized spacial score (nSPS) is 10.9. The minimum absolute atomic E-state index is 0.0175. The minimum atomic E-state index is -0.581. The van der Waals surface area contributed by atoms with Crippen molar-refractivity contribution in [1.29, 1.82) is 0 Å². The number of amides is 2. The molecule has 2 aromatic carbocycles. The van der Waals surface area contributed by atoms with E-state index in [0.29, 0.717) is 11.6 Å². The van der Waals surface area contributed by atoms with Gasteiger partial charge in [0.1, 0.15) is 0 Å². The Morgan fingerprint density at radius 3 is 2.28 bits per heavy atom. The summed E-state index contributed by atoms with van der Waals surface area (Å²) in [7, 11) is 0. The lowest BCUT2D eigenvalue weighted by atomic mass is 10.2. The summed E-state index contributed by atoms with van der Waals surface area (Å²) in [6.45, 7) is 2.80. The Morgan fingerprint density at radius 2 is 1.62 bits per heavy atom. The molecule has 0 unspecified atom stereocenters. The SMILES string of the molecule is CCCn1c(=O)n(CCC(=O)NNC(=O)c2cc(Cl)ccc2Cl)c2ccccc21. The number of imidazole rings is 1. The number of hydrazine groups is 1. The highest BCUT2D eigenvalue weighted by atomic mass is 35.5. The van der Waals surface area contributed by atoms with Gasteiger partial charge in [-0.2, -0.15) is 0 Å². The van der Waals surface area contributed by atoms with Gasteiger partial charge in [-0.1, -0.05) is 42.3 Å². The van der Waals surface area contributed by atoms with E-state index in [1.807, 2.05) is 31.2 Å². The molecular weight excluding hydrogens is 415 g/mol. The second-order valence-corrected chi connectivity index (χ2v) is 7.29. The highest BCUT2D eigenvalue weighted by molar-refractivity contribution is 6.35. The summed E-state index contributed by atoms with van der Waals surface area (Å²) in [5, 5.41) is 0.574. The zero-order chi connectivity index (χ0) is 21.0. The van der Waals surface area contributed by atoms with Crippen LogP contribution in [0.25, 0.3) is 11.0 Å². The average Bonchev–Trinajstić information content (AvgIpc) is 2.98. The van der Waals surface area contributed by atoms with E-state index in [1.165, 1.54) is 12.1 Å². The zero-order valence-corrected chi connectivity index (χ0v) is 17.3. The first kappa shape index (κ1) is 21.0. The summed E-state index contributed by atoms with van der Waals surface area (Å²) < 4.78 is 3.27. The summed E-state index contributed by atoms with van der Waals surface area (Å²) in [5.74, 6) is -1.02. The molecule has 2 amide bonds. The van der Waals surface area contributed by atoms with Crippen LogP contribution in [-0.2, 0) is 17.9 Å². The van der Waals surface area contributed by atoms with Gasteiger partial charge in [0.2, 0.25) is 5.91 Å². The third kappa shape index (κ3) is 4.63. The first-order valence-corrected chi connectivity index (χ1v) is 9.90. The number of nitrogens with zero attached hydrogens (tertiary/aromatic N) is 2. The van der Waals surface area contributed by atoms with Gasteiger partial charge in [0.05, 0.1) is 21.6 Å². The van der Waals surface area contributed by atoms with Crippen LogP contribution in [0.3, 0.4) is 0 Å². The van der Waals surface area contributed by atoms with E-state index in [-0.39, 0.29) is 29.2 Å². The molecule has 0 aliphatic rings. The molecule has 1 heterocycles. The summed E-state index contributed by atoms with van der Waals surface area (Å²) in [6, 6.07) is 11.9. The Bertz CT molecular complexity index is 1120. The number of hydrogen-bond acceptors (Lipinski definition) is 3. The highest BCUT2D eigenvalue weighted by Gasteiger charge is 2.15. The van der Waals surface area contributed by atoms with Gasteiger partial charge in [-0.05, 0) is 36.8 Å². The van der Waals surface area contributed by atoms with E-state index >= 15 is 0 Å². The van der Waals surface area contributed by atoms with Crippen LogP contribution in [0.1, 0.15) is 30.1 Å². The molecule has 0 saturated carbocycles. The number of rotatable bonds is 6. The number of hydrogen-bond donors (Lipinski definition) is 2. The quantitative estimate of drug-likeness (QED) is 0.583. The monoisotopic (exact) mass is 434 g/mol. The lowest BCUT2D eigenvalue weighted by Gasteiger charge is -2.09. The largest absolute Gasteiger partial charge is 0.329 e. The van der Waals surface area contributed by atoms with E-state index in [0.717, 1.165) is 17.5 Å². The predicted molar refractivity (Wildman–Crippen MR) is 113 cm³/mol. The van der Waals surface area contributed by atoms with Crippen molar-refractivity contribution < 1.29 is 9.59 Å². The molecule has 0 aliphatic carbocycles. The summed E-state index contributed by atoms with van der Waals surface area (Å²) >= 11 is 11.8. The van der Waals surface area contributed by atoms with Crippen molar-refractivity contribution in [3.8, 4) is 0 Å². The summed E-state index contributed by atoms with van der Waals surface area (Å²) in [5.41, 5.74) is 6.24. The molecule has 0 aliphatic heterocycles. The number of aryl methyl sites for hydroxylation is 2. The maximum absolute atomic E-state index is 12.7. The van der Waals surface area contributed by atoms with Crippen molar-refractivity contribution in [2.75, 3.05) is 0 Å². The molecule has 7 nitrogen and oxygen atoms in total. The average molecular weight is 435 g/mol. The molecular formula is C20H20Cl2N4O3. The highest BCUT2D eigenvalue weighted by Crippen LogP contribution is 2.20. The molecule has 152 valence electrons. The molecule has 0 saturated heterocycles. The number of carbonyl (C=O) groups is 2. The van der Waals surface area contributed by atoms with Crippen LogP contribution in [0.4, 0.5) is 0 Å². The minimum Gasteiger partial charge on any atom is -0.292 e. The van der Waals surface area contributed by atoms with E-state index in [2.05, 4.69) is 10.9 Å². The number of carbonyl (C=O) groups excluding carboxylic acids is 2. The fraction of sp³-hybridized carbons (Fsp3) is 0.250. The third-order valence-electron chi connectivity index (χ3n) is 4.42. The van der Waals surface area contributed by atoms with Gasteiger partial charge in [0, 0.05) is 24.5 Å². The maximum atomic E-state index is 12.7. The van der Waals surface area contributed by atoms with Crippen LogP contribution in [0.15, 0.2) is 47.3 Å². The molecule has 3 rings (SSSR count). The van der Waals surface area contributed by atoms with Crippen LogP contribution < -0.4 is 16.5 Å². The standard InChI is InChI=1S/C20H20Cl2N4O3/c1-2-10-25-16-5-3-4-6-17(16)26(20(25)29)11-9-18(27)23-24-19(28)14-12-13(21)7-8-15(14)22/h3-8,12H,2,9-11H2,1H3,(H,23,27)(H,24,28). The van der Waals surface area contributed by atoms with Gasteiger partial charge in [-0.15, -0.1) is 0 Å². The van der Waals surface area contributed by atoms with Gasteiger partial charge in [-0.25, -0.2) is 4.79 Å². The van der Waals surface area contributed by atoms with E-state index < -0.39 is 11.8 Å². The third-order valence-corrected chi connectivity index (χ3v) is 4.99. The number of para-hydroxylation sites is 2. The van der Waals surface area contributed by atoms with Crippen LogP contribution >= 0.6 is 23.2 Å². The molecule has 0 atom stereocenters. The molecule has 0 fully saturated rings. The van der Waals surface area contributed by atoms with Crippen molar-refractivity contribution >= 4 is 46.0 Å². The van der Waals surface area contributed by atoms with Crippen molar-refractivity contribution in [2.45, 2.75) is 32.9 Å².